The van der Waals surface area contributed by atoms with Gasteiger partial charge in [0.25, 0.3) is 5.91 Å². The summed E-state index contributed by atoms with van der Waals surface area (Å²) in [6.45, 7) is 3.11. The molecule has 10 heteroatoms. The molecule has 1 saturated carbocycles. The quantitative estimate of drug-likeness (QED) is 0.383. The molecule has 3 heterocycles. The number of ether oxygens (including phenoxy) is 1. The molecule has 1 saturated heterocycles. The van der Waals surface area contributed by atoms with Crippen LogP contribution in [0.1, 0.15) is 36.0 Å². The summed E-state index contributed by atoms with van der Waals surface area (Å²) in [6.07, 6.45) is 7.17. The number of morpholine rings is 1. The van der Waals surface area contributed by atoms with Crippen molar-refractivity contribution in [1.82, 2.24) is 9.97 Å². The predicted octanol–water partition coefficient (Wildman–Crippen LogP) is 3.64. The Labute approximate surface area is 215 Å². The molecule has 2 fully saturated rings. The fourth-order valence-corrected chi connectivity index (χ4v) is 4.89. The van der Waals surface area contributed by atoms with Crippen molar-refractivity contribution in [3.8, 4) is 11.1 Å². The van der Waals surface area contributed by atoms with E-state index in [0.717, 1.165) is 61.7 Å². The second kappa shape index (κ2) is 11.1. The Morgan fingerprint density at radius 1 is 1.05 bits per heavy atom. The first kappa shape index (κ1) is 24.9. The fourth-order valence-electron chi connectivity index (χ4n) is 4.89. The molecule has 2 atom stereocenters. The van der Waals surface area contributed by atoms with E-state index in [1.165, 1.54) is 0 Å². The molecule has 1 aliphatic heterocycles. The van der Waals surface area contributed by atoms with Gasteiger partial charge in [-0.2, -0.15) is 0 Å². The van der Waals surface area contributed by atoms with Crippen LogP contribution in [-0.2, 0) is 4.74 Å². The molecule has 0 spiro atoms. The zero-order chi connectivity index (χ0) is 25.8. The summed E-state index contributed by atoms with van der Waals surface area (Å²) >= 11 is 0. The standard InChI is InChI=1S/C27H32FN7O2/c28-22-14-21(25(30)36)26(34-27(22)33-24-7-2-1-6-23(24)29)32-19-12-18(15-31-16-19)17-4-3-5-20(13-17)35-8-10-37-11-9-35/h3-5,12-16,23-24H,1-2,6-11,29H2,(H2,30,36)(H2,32,33,34)/t23-,24+/m0/s1. The molecule has 9 nitrogen and oxygen atoms in total. The first-order valence-electron chi connectivity index (χ1n) is 12.7. The second-order valence-electron chi connectivity index (χ2n) is 9.52. The monoisotopic (exact) mass is 505 g/mol. The third-order valence-electron chi connectivity index (χ3n) is 6.94. The van der Waals surface area contributed by atoms with Gasteiger partial charge in [-0.15, -0.1) is 0 Å². The molecule has 2 aliphatic rings. The Morgan fingerprint density at radius 3 is 2.65 bits per heavy atom. The lowest BCUT2D eigenvalue weighted by Gasteiger charge is -2.30. The number of carbonyl (C=O) groups is 1. The lowest BCUT2D eigenvalue weighted by atomic mass is 9.91. The van der Waals surface area contributed by atoms with Crippen molar-refractivity contribution >= 4 is 28.9 Å². The summed E-state index contributed by atoms with van der Waals surface area (Å²) in [4.78, 5) is 23.2. The predicted molar refractivity (Wildman–Crippen MR) is 143 cm³/mol. The Hall–Kier alpha value is -3.76. The van der Waals surface area contributed by atoms with Gasteiger partial charge in [0.05, 0.1) is 30.7 Å². The highest BCUT2D eigenvalue weighted by Crippen LogP contribution is 2.30. The van der Waals surface area contributed by atoms with Crippen molar-refractivity contribution in [3.05, 3.63) is 60.2 Å². The van der Waals surface area contributed by atoms with Gasteiger partial charge in [-0.25, -0.2) is 9.37 Å². The number of amides is 1. The molecule has 5 rings (SSSR count). The van der Waals surface area contributed by atoms with Gasteiger partial charge in [0.15, 0.2) is 11.6 Å². The summed E-state index contributed by atoms with van der Waals surface area (Å²) in [5, 5.41) is 6.25. The number of pyridine rings is 2. The van der Waals surface area contributed by atoms with Gasteiger partial charge in [0, 0.05) is 42.6 Å². The highest BCUT2D eigenvalue weighted by Gasteiger charge is 2.24. The van der Waals surface area contributed by atoms with Crippen LogP contribution in [-0.4, -0.2) is 54.3 Å². The molecule has 1 amide bonds. The van der Waals surface area contributed by atoms with Crippen LogP contribution in [0.15, 0.2) is 48.8 Å². The van der Waals surface area contributed by atoms with Gasteiger partial charge in [-0.3, -0.25) is 9.78 Å². The molecule has 194 valence electrons. The molecule has 0 unspecified atom stereocenters. The highest BCUT2D eigenvalue weighted by molar-refractivity contribution is 5.98. The summed E-state index contributed by atoms with van der Waals surface area (Å²) in [6, 6.07) is 11.1. The largest absolute Gasteiger partial charge is 0.378 e. The highest BCUT2D eigenvalue weighted by atomic mass is 19.1. The van der Waals surface area contributed by atoms with Gasteiger partial charge >= 0.3 is 0 Å². The van der Waals surface area contributed by atoms with Crippen LogP contribution >= 0.6 is 0 Å². The number of nitrogens with two attached hydrogens (primary N) is 2. The average Bonchev–Trinajstić information content (AvgIpc) is 2.92. The van der Waals surface area contributed by atoms with Crippen molar-refractivity contribution in [2.75, 3.05) is 41.8 Å². The lowest BCUT2D eigenvalue weighted by molar-refractivity contribution is 0.100. The van der Waals surface area contributed by atoms with Crippen molar-refractivity contribution in [2.24, 2.45) is 11.5 Å². The van der Waals surface area contributed by atoms with E-state index in [0.29, 0.717) is 18.9 Å². The van der Waals surface area contributed by atoms with E-state index in [-0.39, 0.29) is 29.3 Å². The van der Waals surface area contributed by atoms with Crippen LogP contribution in [0.25, 0.3) is 11.1 Å². The van der Waals surface area contributed by atoms with Gasteiger partial charge in [-0.1, -0.05) is 25.0 Å². The molecule has 6 N–H and O–H groups in total. The zero-order valence-electron chi connectivity index (χ0n) is 20.6. The van der Waals surface area contributed by atoms with Crippen LogP contribution in [0.5, 0.6) is 0 Å². The van der Waals surface area contributed by atoms with Crippen LogP contribution in [0.3, 0.4) is 0 Å². The Morgan fingerprint density at radius 2 is 1.86 bits per heavy atom. The molecular weight excluding hydrogens is 473 g/mol. The van der Waals surface area contributed by atoms with Gasteiger partial charge in [-0.05, 0) is 42.7 Å². The molecule has 1 aromatic carbocycles. The number of aromatic nitrogens is 2. The maximum absolute atomic E-state index is 14.9. The van der Waals surface area contributed by atoms with E-state index in [2.05, 4.69) is 37.6 Å². The number of carbonyl (C=O) groups excluding carboxylic acids is 1. The number of benzene rings is 1. The second-order valence-corrected chi connectivity index (χ2v) is 9.52. The third kappa shape index (κ3) is 5.81. The van der Waals surface area contributed by atoms with Crippen LogP contribution in [0.4, 0.5) is 27.4 Å². The number of halogens is 1. The molecule has 1 aliphatic carbocycles. The fraction of sp³-hybridized carbons (Fsp3) is 0.370. The van der Waals surface area contributed by atoms with Gasteiger partial charge in [0.1, 0.15) is 5.82 Å². The number of nitrogens with one attached hydrogen (secondary N) is 2. The molecule has 0 radical (unpaired) electrons. The average molecular weight is 506 g/mol. The number of hydrogen-bond acceptors (Lipinski definition) is 8. The first-order valence-corrected chi connectivity index (χ1v) is 12.7. The smallest absolute Gasteiger partial charge is 0.252 e. The normalized spacial score (nSPS) is 19.9. The van der Waals surface area contributed by atoms with E-state index >= 15 is 0 Å². The van der Waals surface area contributed by atoms with E-state index in [1.54, 1.807) is 12.4 Å². The molecular formula is C27H32FN7O2. The zero-order valence-corrected chi connectivity index (χ0v) is 20.6. The number of primary amides is 1. The molecule has 2 aromatic heterocycles. The summed E-state index contributed by atoms with van der Waals surface area (Å²) in [5.74, 6) is -1.24. The Bertz CT molecular complexity index is 1270. The minimum Gasteiger partial charge on any atom is -0.378 e. The maximum Gasteiger partial charge on any atom is 0.252 e. The number of hydrogen-bond donors (Lipinski definition) is 4. The number of nitrogens with zero attached hydrogens (tertiary/aromatic N) is 3. The van der Waals surface area contributed by atoms with E-state index in [4.69, 9.17) is 16.2 Å². The van der Waals surface area contributed by atoms with Crippen LogP contribution < -0.4 is 27.0 Å². The van der Waals surface area contributed by atoms with Crippen LogP contribution in [0, 0.1) is 5.82 Å². The summed E-state index contributed by atoms with van der Waals surface area (Å²) in [7, 11) is 0. The summed E-state index contributed by atoms with van der Waals surface area (Å²) in [5.41, 5.74) is 15.3. The Kier molecular flexibility index (Phi) is 7.47. The minimum atomic E-state index is -0.780. The summed E-state index contributed by atoms with van der Waals surface area (Å²) < 4.78 is 20.3. The minimum absolute atomic E-state index is 0.0391. The molecule has 3 aromatic rings. The van der Waals surface area contributed by atoms with Crippen molar-refractivity contribution in [1.29, 1.82) is 0 Å². The van der Waals surface area contributed by atoms with Crippen LogP contribution in [0.2, 0.25) is 0 Å². The Balaban J connectivity index is 1.41. The molecule has 0 bridgehead atoms. The lowest BCUT2D eigenvalue weighted by Crippen LogP contribution is -2.43. The van der Waals surface area contributed by atoms with Crippen molar-refractivity contribution in [3.63, 3.8) is 0 Å². The SMILES string of the molecule is NC(=O)c1cc(F)c(N[C@@H]2CCCC[C@@H]2N)nc1Nc1cncc(-c2cccc(N3CCOCC3)c2)c1. The van der Waals surface area contributed by atoms with E-state index < -0.39 is 11.7 Å². The van der Waals surface area contributed by atoms with Crippen molar-refractivity contribution < 1.29 is 13.9 Å². The van der Waals surface area contributed by atoms with E-state index in [1.807, 2.05) is 18.2 Å². The van der Waals surface area contributed by atoms with Gasteiger partial charge < -0.3 is 31.7 Å². The van der Waals surface area contributed by atoms with E-state index in [9.17, 15) is 9.18 Å². The van der Waals surface area contributed by atoms with Gasteiger partial charge in [0.2, 0.25) is 0 Å². The topological polar surface area (TPSA) is 131 Å². The maximum atomic E-state index is 14.9. The first-order chi connectivity index (χ1) is 18.0. The number of rotatable bonds is 7. The number of anilines is 4. The molecule has 37 heavy (non-hydrogen) atoms. The third-order valence-corrected chi connectivity index (χ3v) is 6.94. The van der Waals surface area contributed by atoms with Crippen molar-refractivity contribution in [2.45, 2.75) is 37.8 Å².